The summed E-state index contributed by atoms with van der Waals surface area (Å²) in [6.45, 7) is 2.01. The zero-order chi connectivity index (χ0) is 10.3. The van der Waals surface area contributed by atoms with Crippen molar-refractivity contribution in [2.75, 3.05) is 6.26 Å². The van der Waals surface area contributed by atoms with Gasteiger partial charge in [0.1, 0.15) is 0 Å². The molecular weight excluding hydrogens is 198 g/mol. The number of hydrogen-bond donors (Lipinski definition) is 1. The first-order chi connectivity index (χ1) is 6.46. The Kier molecular flexibility index (Phi) is 2.60. The van der Waals surface area contributed by atoms with E-state index in [2.05, 4.69) is 4.72 Å². The van der Waals surface area contributed by atoms with Gasteiger partial charge in [-0.1, -0.05) is 6.42 Å². The van der Waals surface area contributed by atoms with Crippen molar-refractivity contribution >= 4 is 10.0 Å². The van der Waals surface area contributed by atoms with Gasteiger partial charge in [-0.05, 0) is 43.9 Å². The molecule has 0 unspecified atom stereocenters. The lowest BCUT2D eigenvalue weighted by Crippen LogP contribution is -2.39. The molecule has 0 aliphatic heterocycles. The number of hydrogen-bond acceptors (Lipinski definition) is 2. The highest BCUT2D eigenvalue weighted by atomic mass is 32.2. The van der Waals surface area contributed by atoms with Crippen LogP contribution in [0.3, 0.4) is 0 Å². The lowest BCUT2D eigenvalue weighted by molar-refractivity contribution is 0.280. The number of nitrogens with one attached hydrogen (secondary N) is 1. The van der Waals surface area contributed by atoms with Gasteiger partial charge in [-0.3, -0.25) is 0 Å². The first-order valence-corrected chi connectivity index (χ1v) is 7.32. The van der Waals surface area contributed by atoms with Crippen LogP contribution in [0, 0.1) is 17.8 Å². The van der Waals surface area contributed by atoms with E-state index in [1.807, 2.05) is 6.92 Å². The van der Waals surface area contributed by atoms with Crippen LogP contribution in [0.5, 0.6) is 0 Å². The maximum absolute atomic E-state index is 11.1. The van der Waals surface area contributed by atoms with E-state index in [-0.39, 0.29) is 6.04 Å². The van der Waals surface area contributed by atoms with E-state index in [1.54, 1.807) is 0 Å². The van der Waals surface area contributed by atoms with Gasteiger partial charge in [0.05, 0.1) is 6.26 Å². The summed E-state index contributed by atoms with van der Waals surface area (Å²) in [4.78, 5) is 0. The van der Waals surface area contributed by atoms with Crippen molar-refractivity contribution in [2.45, 2.75) is 38.6 Å². The van der Waals surface area contributed by atoms with E-state index in [0.717, 1.165) is 11.8 Å². The molecule has 4 heteroatoms. The van der Waals surface area contributed by atoms with Crippen LogP contribution in [0.25, 0.3) is 0 Å². The van der Waals surface area contributed by atoms with Crippen LogP contribution in [0.15, 0.2) is 0 Å². The van der Waals surface area contributed by atoms with Crippen molar-refractivity contribution in [3.8, 4) is 0 Å². The van der Waals surface area contributed by atoms with Crippen LogP contribution in [-0.4, -0.2) is 20.7 Å². The van der Waals surface area contributed by atoms with E-state index in [1.165, 1.54) is 31.9 Å². The molecule has 14 heavy (non-hydrogen) atoms. The Hall–Kier alpha value is -0.0900. The molecule has 2 saturated carbocycles. The summed E-state index contributed by atoms with van der Waals surface area (Å²) in [5, 5.41) is 0. The van der Waals surface area contributed by atoms with Gasteiger partial charge in [0.25, 0.3) is 0 Å². The number of fused-ring (bicyclic) bond motifs is 2. The molecule has 0 spiro atoms. The Balaban J connectivity index is 1.96. The molecule has 2 rings (SSSR count). The lowest BCUT2D eigenvalue weighted by Gasteiger charge is -2.27. The highest BCUT2D eigenvalue weighted by Gasteiger charge is 2.42. The topological polar surface area (TPSA) is 46.2 Å². The quantitative estimate of drug-likeness (QED) is 0.776. The van der Waals surface area contributed by atoms with Gasteiger partial charge in [-0.15, -0.1) is 0 Å². The van der Waals surface area contributed by atoms with Crippen molar-refractivity contribution in [3.05, 3.63) is 0 Å². The van der Waals surface area contributed by atoms with Gasteiger partial charge in [0.2, 0.25) is 10.0 Å². The van der Waals surface area contributed by atoms with Gasteiger partial charge < -0.3 is 0 Å². The summed E-state index contributed by atoms with van der Waals surface area (Å²) in [6, 6.07) is 0.125. The Morgan fingerprint density at radius 2 is 2.00 bits per heavy atom. The molecule has 0 aromatic rings. The Morgan fingerprint density at radius 1 is 1.29 bits per heavy atom. The van der Waals surface area contributed by atoms with Gasteiger partial charge in [-0.25, -0.2) is 13.1 Å². The second kappa shape index (κ2) is 3.49. The molecule has 0 heterocycles. The fourth-order valence-corrected chi connectivity index (χ4v) is 4.18. The molecule has 2 fully saturated rings. The SMILES string of the molecule is C[C@H](NS(C)(=O)=O)[C@H]1C[C@@H]2CC[C@@H]1C2. The normalized spacial score (nSPS) is 38.9. The van der Waals surface area contributed by atoms with Crippen molar-refractivity contribution in [3.63, 3.8) is 0 Å². The van der Waals surface area contributed by atoms with E-state index >= 15 is 0 Å². The van der Waals surface area contributed by atoms with Crippen LogP contribution in [0.1, 0.15) is 32.6 Å². The third-order valence-corrected chi connectivity index (χ3v) is 4.63. The van der Waals surface area contributed by atoms with Gasteiger partial charge in [-0.2, -0.15) is 0 Å². The van der Waals surface area contributed by atoms with Crippen molar-refractivity contribution < 1.29 is 8.42 Å². The Labute approximate surface area is 86.3 Å². The predicted octanol–water partition coefficient (Wildman–Crippen LogP) is 1.36. The summed E-state index contributed by atoms with van der Waals surface area (Å²) < 4.78 is 24.9. The largest absolute Gasteiger partial charge is 0.213 e. The summed E-state index contributed by atoms with van der Waals surface area (Å²) in [7, 11) is -3.03. The standard InChI is InChI=1S/C10H19NO2S/c1-7(11-14(2,12)13)10-6-8-3-4-9(10)5-8/h7-11H,3-6H2,1-2H3/t7-,8+,9+,10+/m0/s1. The molecule has 0 radical (unpaired) electrons. The highest BCUT2D eigenvalue weighted by Crippen LogP contribution is 2.49. The first-order valence-electron chi connectivity index (χ1n) is 5.43. The van der Waals surface area contributed by atoms with E-state index in [0.29, 0.717) is 5.92 Å². The maximum atomic E-state index is 11.1. The van der Waals surface area contributed by atoms with Crippen LogP contribution < -0.4 is 4.72 Å². The average molecular weight is 217 g/mol. The predicted molar refractivity (Wildman–Crippen MR) is 56.4 cm³/mol. The first kappa shape index (κ1) is 10.4. The van der Waals surface area contributed by atoms with E-state index in [4.69, 9.17) is 0 Å². The van der Waals surface area contributed by atoms with Gasteiger partial charge >= 0.3 is 0 Å². The van der Waals surface area contributed by atoms with Crippen molar-refractivity contribution in [1.82, 2.24) is 4.72 Å². The van der Waals surface area contributed by atoms with Crippen LogP contribution in [0.4, 0.5) is 0 Å². The third kappa shape index (κ3) is 2.11. The highest BCUT2D eigenvalue weighted by molar-refractivity contribution is 7.88. The van der Waals surface area contributed by atoms with E-state index < -0.39 is 10.0 Å². The second-order valence-corrected chi connectivity index (χ2v) is 6.80. The second-order valence-electron chi connectivity index (χ2n) is 5.02. The Morgan fingerprint density at radius 3 is 2.43 bits per heavy atom. The molecule has 2 aliphatic carbocycles. The van der Waals surface area contributed by atoms with Gasteiger partial charge in [0.15, 0.2) is 0 Å². The number of rotatable bonds is 3. The van der Waals surface area contributed by atoms with Crippen molar-refractivity contribution in [2.24, 2.45) is 17.8 Å². The minimum Gasteiger partial charge on any atom is -0.213 e. The minimum absolute atomic E-state index is 0.125. The summed E-state index contributed by atoms with van der Waals surface area (Å²) in [6.07, 6.45) is 6.49. The van der Waals surface area contributed by atoms with Crippen LogP contribution in [0.2, 0.25) is 0 Å². The Bertz CT molecular complexity index is 312. The smallest absolute Gasteiger partial charge is 0.208 e. The molecular formula is C10H19NO2S. The fourth-order valence-electron chi connectivity index (χ4n) is 3.33. The average Bonchev–Trinajstić information content (AvgIpc) is 2.59. The third-order valence-electron chi connectivity index (χ3n) is 3.83. The number of sulfonamides is 1. The summed E-state index contributed by atoms with van der Waals surface area (Å²) in [5.41, 5.74) is 0. The zero-order valence-corrected chi connectivity index (χ0v) is 9.68. The summed E-state index contributed by atoms with van der Waals surface area (Å²) >= 11 is 0. The monoisotopic (exact) mass is 217 g/mol. The molecule has 0 aromatic heterocycles. The zero-order valence-electron chi connectivity index (χ0n) is 8.86. The molecule has 2 bridgehead atoms. The molecule has 82 valence electrons. The fraction of sp³-hybridized carbons (Fsp3) is 1.00. The van der Waals surface area contributed by atoms with Crippen LogP contribution in [-0.2, 0) is 10.0 Å². The molecule has 3 nitrogen and oxygen atoms in total. The van der Waals surface area contributed by atoms with Gasteiger partial charge in [0, 0.05) is 6.04 Å². The summed E-state index contributed by atoms with van der Waals surface area (Å²) in [5.74, 6) is 2.25. The van der Waals surface area contributed by atoms with Crippen molar-refractivity contribution in [1.29, 1.82) is 0 Å². The maximum Gasteiger partial charge on any atom is 0.208 e. The molecule has 1 N–H and O–H groups in total. The molecule has 4 atom stereocenters. The molecule has 0 aromatic carbocycles. The molecule has 0 amide bonds. The molecule has 2 aliphatic rings. The van der Waals surface area contributed by atoms with Crippen LogP contribution >= 0.6 is 0 Å². The van der Waals surface area contributed by atoms with E-state index in [9.17, 15) is 8.42 Å². The lowest BCUT2D eigenvalue weighted by atomic mass is 9.84. The minimum atomic E-state index is -3.03. The molecule has 0 saturated heterocycles.